The van der Waals surface area contributed by atoms with Crippen LogP contribution in [0.1, 0.15) is 5.56 Å². The largest absolute Gasteiger partial charge is 0.383 e. The molecule has 0 aliphatic rings. The van der Waals surface area contributed by atoms with Gasteiger partial charge in [-0.15, -0.1) is 0 Å². The van der Waals surface area contributed by atoms with Gasteiger partial charge in [-0.05, 0) is 23.4 Å². The summed E-state index contributed by atoms with van der Waals surface area (Å²) in [6, 6.07) is 4.04. The molecule has 0 saturated heterocycles. The van der Waals surface area contributed by atoms with Gasteiger partial charge < -0.3 is 14.6 Å². The van der Waals surface area contributed by atoms with E-state index in [0.29, 0.717) is 6.61 Å². The summed E-state index contributed by atoms with van der Waals surface area (Å²) in [5.41, 5.74) is 1.17. The van der Waals surface area contributed by atoms with E-state index in [4.69, 9.17) is 4.74 Å². The lowest BCUT2D eigenvalue weighted by Crippen LogP contribution is -2.19. The van der Waals surface area contributed by atoms with Crippen molar-refractivity contribution >= 4 is 11.8 Å². The highest BCUT2D eigenvalue weighted by atomic mass is 32.2. The molecule has 0 unspecified atom stereocenters. The van der Waals surface area contributed by atoms with Gasteiger partial charge in [-0.25, -0.2) is 9.97 Å². The average molecular weight is 278 g/mol. The molecule has 0 fully saturated rings. The van der Waals surface area contributed by atoms with Crippen LogP contribution in [-0.4, -0.2) is 34.8 Å². The summed E-state index contributed by atoms with van der Waals surface area (Å²) in [6.45, 7) is 2.32. The van der Waals surface area contributed by atoms with E-state index in [9.17, 15) is 0 Å². The van der Waals surface area contributed by atoms with Gasteiger partial charge in [0.1, 0.15) is 5.03 Å². The van der Waals surface area contributed by atoms with E-state index < -0.39 is 0 Å². The van der Waals surface area contributed by atoms with Gasteiger partial charge in [0.05, 0.1) is 6.61 Å². The van der Waals surface area contributed by atoms with Crippen LogP contribution in [0.3, 0.4) is 0 Å². The topological polar surface area (TPSA) is 52.0 Å². The summed E-state index contributed by atoms with van der Waals surface area (Å²) in [6.07, 6.45) is 5.54. The van der Waals surface area contributed by atoms with Gasteiger partial charge in [0.2, 0.25) is 0 Å². The molecule has 0 spiro atoms. The quantitative estimate of drug-likeness (QED) is 0.781. The first kappa shape index (κ1) is 14.0. The first-order valence-electron chi connectivity index (χ1n) is 6.10. The third-order valence-corrected chi connectivity index (χ3v) is 3.75. The summed E-state index contributed by atoms with van der Waals surface area (Å²) < 4.78 is 7.00. The van der Waals surface area contributed by atoms with Crippen molar-refractivity contribution in [2.45, 2.75) is 16.7 Å². The zero-order valence-corrected chi connectivity index (χ0v) is 12.0. The molecule has 2 aromatic heterocycles. The first-order chi connectivity index (χ1) is 9.31. The second kappa shape index (κ2) is 7.28. The van der Waals surface area contributed by atoms with Gasteiger partial charge >= 0.3 is 0 Å². The van der Waals surface area contributed by atoms with Crippen LogP contribution in [-0.2, 0) is 18.3 Å². The fraction of sp³-hybridized carbons (Fsp3) is 0.385. The predicted octanol–water partition coefficient (Wildman–Crippen LogP) is 1.70. The number of imidazole rings is 1. The fourth-order valence-electron chi connectivity index (χ4n) is 1.58. The lowest BCUT2D eigenvalue weighted by Gasteiger charge is -2.08. The van der Waals surface area contributed by atoms with Gasteiger partial charge in [0.25, 0.3) is 0 Å². The molecule has 2 rings (SSSR count). The zero-order valence-electron chi connectivity index (χ0n) is 11.2. The molecule has 0 radical (unpaired) electrons. The van der Waals surface area contributed by atoms with Crippen LogP contribution < -0.4 is 5.32 Å². The maximum Gasteiger partial charge on any atom is 0.174 e. The van der Waals surface area contributed by atoms with Crippen molar-refractivity contribution in [1.29, 1.82) is 0 Å². The molecule has 2 heterocycles. The van der Waals surface area contributed by atoms with Crippen LogP contribution in [0.4, 0.5) is 0 Å². The van der Waals surface area contributed by atoms with Crippen LogP contribution in [0.25, 0.3) is 0 Å². The summed E-state index contributed by atoms with van der Waals surface area (Å²) in [5.74, 6) is 0. The van der Waals surface area contributed by atoms with Gasteiger partial charge in [0.15, 0.2) is 5.16 Å². The summed E-state index contributed by atoms with van der Waals surface area (Å²) in [4.78, 5) is 8.74. The summed E-state index contributed by atoms with van der Waals surface area (Å²) in [5, 5.41) is 5.26. The maximum atomic E-state index is 5.01. The summed E-state index contributed by atoms with van der Waals surface area (Å²) in [7, 11) is 3.68. The number of hydrogen-bond donors (Lipinski definition) is 1. The SMILES string of the molecule is COCCNCc1cccnc1Sc1nccn1C. The zero-order chi connectivity index (χ0) is 13.5. The number of rotatable bonds is 7. The van der Waals surface area contributed by atoms with Gasteiger partial charge in [-0.3, -0.25) is 0 Å². The molecule has 5 nitrogen and oxygen atoms in total. The lowest BCUT2D eigenvalue weighted by atomic mass is 10.3. The number of aromatic nitrogens is 3. The summed E-state index contributed by atoms with van der Waals surface area (Å²) >= 11 is 1.58. The second-order valence-corrected chi connectivity index (χ2v) is 5.02. The van der Waals surface area contributed by atoms with Crippen molar-refractivity contribution in [2.75, 3.05) is 20.3 Å². The maximum absolute atomic E-state index is 5.01. The molecular weight excluding hydrogens is 260 g/mol. The highest BCUT2D eigenvalue weighted by molar-refractivity contribution is 7.99. The van der Waals surface area contributed by atoms with E-state index in [1.54, 1.807) is 25.1 Å². The minimum absolute atomic E-state index is 0.710. The monoisotopic (exact) mass is 278 g/mol. The Bertz CT molecular complexity index is 515. The Morgan fingerprint density at radius 3 is 3.00 bits per heavy atom. The van der Waals surface area contributed by atoms with Crippen molar-refractivity contribution in [3.63, 3.8) is 0 Å². The van der Waals surface area contributed by atoms with E-state index in [1.807, 2.05) is 30.1 Å². The van der Waals surface area contributed by atoms with Crippen LogP contribution >= 0.6 is 11.8 Å². The Morgan fingerprint density at radius 2 is 2.26 bits per heavy atom. The number of aryl methyl sites for hydroxylation is 1. The van der Waals surface area contributed by atoms with E-state index in [0.717, 1.165) is 23.3 Å². The Hall–Kier alpha value is -1.37. The number of nitrogens with one attached hydrogen (secondary N) is 1. The predicted molar refractivity (Wildman–Crippen MR) is 75.2 cm³/mol. The molecule has 0 atom stereocenters. The van der Waals surface area contributed by atoms with Crippen LogP contribution in [0.15, 0.2) is 40.9 Å². The van der Waals surface area contributed by atoms with Crippen molar-refractivity contribution in [2.24, 2.45) is 7.05 Å². The van der Waals surface area contributed by atoms with Gasteiger partial charge in [-0.2, -0.15) is 0 Å². The molecule has 0 saturated carbocycles. The standard InChI is InChI=1S/C13H18N4OS/c1-17-8-6-16-13(17)19-12-11(4-3-5-15-12)10-14-7-9-18-2/h3-6,8,14H,7,9-10H2,1-2H3. The molecule has 0 amide bonds. The lowest BCUT2D eigenvalue weighted by molar-refractivity contribution is 0.199. The molecule has 6 heteroatoms. The molecule has 102 valence electrons. The average Bonchev–Trinajstić information content (AvgIpc) is 2.82. The highest BCUT2D eigenvalue weighted by Crippen LogP contribution is 2.26. The third kappa shape index (κ3) is 4.05. The van der Waals surface area contributed by atoms with Crippen LogP contribution in [0, 0.1) is 0 Å². The molecule has 0 aromatic carbocycles. The Balaban J connectivity index is 2.02. The smallest absolute Gasteiger partial charge is 0.174 e. The highest BCUT2D eigenvalue weighted by Gasteiger charge is 2.08. The minimum atomic E-state index is 0.710. The molecule has 0 aliphatic carbocycles. The number of ether oxygens (including phenoxy) is 1. The fourth-order valence-corrected chi connectivity index (χ4v) is 2.46. The second-order valence-electron chi connectivity index (χ2n) is 4.06. The molecular formula is C13H18N4OS. The van der Waals surface area contributed by atoms with E-state index in [1.165, 1.54) is 5.56 Å². The van der Waals surface area contributed by atoms with Crippen LogP contribution in [0.2, 0.25) is 0 Å². The number of methoxy groups -OCH3 is 1. The van der Waals surface area contributed by atoms with Crippen molar-refractivity contribution in [3.05, 3.63) is 36.3 Å². The normalized spacial score (nSPS) is 10.8. The van der Waals surface area contributed by atoms with E-state index in [2.05, 4.69) is 21.4 Å². The van der Waals surface area contributed by atoms with Gasteiger partial charge in [0, 0.05) is 45.8 Å². The molecule has 19 heavy (non-hydrogen) atoms. The minimum Gasteiger partial charge on any atom is -0.383 e. The Kier molecular flexibility index (Phi) is 5.38. The molecule has 1 N–H and O–H groups in total. The number of pyridine rings is 1. The van der Waals surface area contributed by atoms with E-state index >= 15 is 0 Å². The molecule has 0 aliphatic heterocycles. The van der Waals surface area contributed by atoms with Gasteiger partial charge in [-0.1, -0.05) is 6.07 Å². The third-order valence-electron chi connectivity index (χ3n) is 2.61. The Labute approximate surface area is 117 Å². The molecule has 0 bridgehead atoms. The van der Waals surface area contributed by atoms with Crippen molar-refractivity contribution in [1.82, 2.24) is 19.9 Å². The van der Waals surface area contributed by atoms with Crippen LogP contribution in [0.5, 0.6) is 0 Å². The Morgan fingerprint density at radius 1 is 1.37 bits per heavy atom. The van der Waals surface area contributed by atoms with Crippen molar-refractivity contribution in [3.8, 4) is 0 Å². The number of hydrogen-bond acceptors (Lipinski definition) is 5. The first-order valence-corrected chi connectivity index (χ1v) is 6.91. The molecule has 2 aromatic rings. The van der Waals surface area contributed by atoms with E-state index in [-0.39, 0.29) is 0 Å². The number of nitrogens with zero attached hydrogens (tertiary/aromatic N) is 3. The van der Waals surface area contributed by atoms with Crippen molar-refractivity contribution < 1.29 is 4.74 Å².